The number of benzene rings is 1. The average Bonchev–Trinajstić information content (AvgIpc) is 2.36. The molecular weight excluding hydrogens is 351 g/mol. The molecule has 0 aliphatic rings. The molecule has 1 rings (SSSR count). The van der Waals surface area contributed by atoms with Crippen LogP contribution in [0.4, 0.5) is 13.2 Å². The molecular formula is C13H12Cl3F3O2. The van der Waals surface area contributed by atoms with Gasteiger partial charge in [-0.1, -0.05) is 29.3 Å². The van der Waals surface area contributed by atoms with Crippen LogP contribution in [0.2, 0.25) is 10.0 Å². The summed E-state index contributed by atoms with van der Waals surface area (Å²) in [6.07, 6.45) is -2.35. The van der Waals surface area contributed by atoms with Crippen molar-refractivity contribution >= 4 is 34.8 Å². The molecule has 0 fully saturated rings. The Hall–Kier alpha value is -0.620. The van der Waals surface area contributed by atoms with Gasteiger partial charge in [0.2, 0.25) is 0 Å². The summed E-state index contributed by atoms with van der Waals surface area (Å²) in [6, 6.07) is 4.49. The minimum Gasteiger partial charge on any atom is -0.492 e. The van der Waals surface area contributed by atoms with Crippen LogP contribution in [0.3, 0.4) is 0 Å². The van der Waals surface area contributed by atoms with Gasteiger partial charge in [-0.3, -0.25) is 0 Å². The topological polar surface area (TPSA) is 29.5 Å². The Morgan fingerprint density at radius 3 is 2.43 bits per heavy atom. The third kappa shape index (κ3) is 5.94. The Morgan fingerprint density at radius 1 is 1.24 bits per heavy atom. The first-order chi connectivity index (χ1) is 9.68. The van der Waals surface area contributed by atoms with Gasteiger partial charge in [0.05, 0.1) is 12.1 Å². The number of halogens is 6. The van der Waals surface area contributed by atoms with Crippen LogP contribution < -0.4 is 0 Å². The summed E-state index contributed by atoms with van der Waals surface area (Å²) >= 11 is 17.5. The molecule has 0 aromatic heterocycles. The summed E-state index contributed by atoms with van der Waals surface area (Å²) in [6.45, 7) is -1.40. The van der Waals surface area contributed by atoms with Gasteiger partial charge in [-0.15, -0.1) is 11.6 Å². The van der Waals surface area contributed by atoms with Gasteiger partial charge < -0.3 is 9.84 Å². The molecule has 0 saturated carbocycles. The van der Waals surface area contributed by atoms with Gasteiger partial charge >= 0.3 is 6.18 Å². The first-order valence-corrected chi connectivity index (χ1v) is 7.04. The molecule has 8 heteroatoms. The van der Waals surface area contributed by atoms with E-state index in [1.807, 2.05) is 0 Å². The van der Waals surface area contributed by atoms with Crippen LogP contribution in [0.1, 0.15) is 12.0 Å². The van der Waals surface area contributed by atoms with Gasteiger partial charge in [0.15, 0.2) is 6.61 Å². The lowest BCUT2D eigenvalue weighted by molar-refractivity contribution is -0.161. The van der Waals surface area contributed by atoms with Crippen LogP contribution in [-0.4, -0.2) is 23.8 Å². The molecule has 0 heterocycles. The molecule has 0 amide bonds. The Balaban J connectivity index is 2.74. The van der Waals surface area contributed by atoms with Gasteiger partial charge in [0, 0.05) is 22.0 Å². The summed E-state index contributed by atoms with van der Waals surface area (Å²) < 4.78 is 39.9. The lowest BCUT2D eigenvalue weighted by Crippen LogP contribution is -2.27. The van der Waals surface area contributed by atoms with E-state index in [1.54, 1.807) is 0 Å². The van der Waals surface area contributed by atoms with Crippen molar-refractivity contribution < 1.29 is 23.0 Å². The number of hydrogen-bond acceptors (Lipinski definition) is 2. The van der Waals surface area contributed by atoms with Crippen molar-refractivity contribution in [3.8, 4) is 0 Å². The molecule has 0 saturated heterocycles. The predicted molar refractivity (Wildman–Crippen MR) is 76.8 cm³/mol. The molecule has 2 nitrogen and oxygen atoms in total. The van der Waals surface area contributed by atoms with Crippen LogP contribution in [0.15, 0.2) is 30.5 Å². The summed E-state index contributed by atoms with van der Waals surface area (Å²) in [7, 11) is 0. The van der Waals surface area contributed by atoms with Crippen LogP contribution in [0, 0.1) is 0 Å². The monoisotopic (exact) mass is 362 g/mol. The largest absolute Gasteiger partial charge is 0.492 e. The van der Waals surface area contributed by atoms with E-state index in [9.17, 15) is 18.3 Å². The second-order valence-corrected chi connectivity index (χ2v) is 5.40. The number of aliphatic hydroxyl groups is 1. The van der Waals surface area contributed by atoms with Gasteiger partial charge in [-0.2, -0.15) is 13.2 Å². The number of alkyl halides is 4. The fourth-order valence-electron chi connectivity index (χ4n) is 1.56. The molecule has 0 radical (unpaired) electrons. The fourth-order valence-corrected chi connectivity index (χ4v) is 2.39. The Labute approximate surface area is 135 Å². The lowest BCUT2D eigenvalue weighted by atomic mass is 9.92. The molecule has 0 aliphatic carbocycles. The highest BCUT2D eigenvalue weighted by Crippen LogP contribution is 2.34. The smallest absolute Gasteiger partial charge is 0.422 e. The van der Waals surface area contributed by atoms with Crippen molar-refractivity contribution in [2.75, 3.05) is 12.5 Å². The molecule has 21 heavy (non-hydrogen) atoms. The van der Waals surface area contributed by atoms with Gasteiger partial charge in [-0.25, -0.2) is 0 Å². The van der Waals surface area contributed by atoms with Crippen molar-refractivity contribution in [2.24, 2.45) is 0 Å². The highest BCUT2D eigenvalue weighted by atomic mass is 35.5. The van der Waals surface area contributed by atoms with Gasteiger partial charge in [0.25, 0.3) is 0 Å². The zero-order chi connectivity index (χ0) is 16.1. The highest BCUT2D eigenvalue weighted by Gasteiger charge is 2.30. The van der Waals surface area contributed by atoms with Crippen molar-refractivity contribution in [3.63, 3.8) is 0 Å². The highest BCUT2D eigenvalue weighted by molar-refractivity contribution is 6.35. The van der Waals surface area contributed by atoms with E-state index >= 15 is 0 Å². The molecule has 0 spiro atoms. The zero-order valence-electron chi connectivity index (χ0n) is 10.6. The van der Waals surface area contributed by atoms with Crippen molar-refractivity contribution in [3.05, 3.63) is 46.1 Å². The van der Waals surface area contributed by atoms with Crippen molar-refractivity contribution in [1.29, 1.82) is 0 Å². The molecule has 1 N–H and O–H groups in total. The second-order valence-electron chi connectivity index (χ2n) is 4.29. The summed E-state index contributed by atoms with van der Waals surface area (Å²) in [5.74, 6) is -0.196. The van der Waals surface area contributed by atoms with E-state index in [-0.39, 0.29) is 17.3 Å². The molecule has 0 aliphatic heterocycles. The molecule has 118 valence electrons. The SMILES string of the molecule is OC(CCl)(CC=COCC(F)(F)F)c1ccc(Cl)cc1Cl. The summed E-state index contributed by atoms with van der Waals surface area (Å²) in [5.41, 5.74) is -1.19. The van der Waals surface area contributed by atoms with Gasteiger partial charge in [-0.05, 0) is 18.2 Å². The predicted octanol–water partition coefficient (Wildman–Crippen LogP) is 4.90. The Morgan fingerprint density at radius 2 is 1.90 bits per heavy atom. The molecule has 1 unspecified atom stereocenters. The van der Waals surface area contributed by atoms with E-state index in [4.69, 9.17) is 34.8 Å². The van der Waals surface area contributed by atoms with E-state index in [0.717, 1.165) is 6.26 Å². The van der Waals surface area contributed by atoms with E-state index < -0.39 is 18.4 Å². The maximum Gasteiger partial charge on any atom is 0.422 e. The molecule has 1 aromatic rings. The van der Waals surface area contributed by atoms with Crippen LogP contribution in [0.5, 0.6) is 0 Å². The van der Waals surface area contributed by atoms with Crippen LogP contribution in [-0.2, 0) is 10.3 Å². The third-order valence-corrected chi connectivity index (χ3v) is 3.54. The molecule has 0 bridgehead atoms. The first kappa shape index (κ1) is 18.4. The average molecular weight is 364 g/mol. The zero-order valence-corrected chi connectivity index (χ0v) is 12.9. The number of hydrogen-bond donors (Lipinski definition) is 1. The van der Waals surface area contributed by atoms with Crippen molar-refractivity contribution in [2.45, 2.75) is 18.2 Å². The summed E-state index contributed by atoms with van der Waals surface area (Å²) in [4.78, 5) is 0. The standard InChI is InChI=1S/C13H12Cl3F3O2/c14-7-12(20,4-1-5-21-8-13(17,18)19)10-3-2-9(15)6-11(10)16/h1-3,5-6,20H,4,7-8H2. The lowest BCUT2D eigenvalue weighted by Gasteiger charge is -2.26. The quantitative estimate of drug-likeness (QED) is 0.575. The fraction of sp³-hybridized carbons (Fsp3) is 0.385. The van der Waals surface area contributed by atoms with Gasteiger partial charge in [0.1, 0.15) is 5.60 Å². The van der Waals surface area contributed by atoms with E-state index in [1.165, 1.54) is 24.3 Å². The first-order valence-electron chi connectivity index (χ1n) is 5.75. The number of ether oxygens (including phenoxy) is 1. The number of rotatable bonds is 6. The van der Waals surface area contributed by atoms with Crippen molar-refractivity contribution in [1.82, 2.24) is 0 Å². The van der Waals surface area contributed by atoms with E-state index in [0.29, 0.717) is 10.6 Å². The maximum atomic E-state index is 11.9. The Kier molecular flexibility index (Phi) is 6.66. The van der Waals surface area contributed by atoms with E-state index in [2.05, 4.69) is 4.74 Å². The van der Waals surface area contributed by atoms with Crippen LogP contribution >= 0.6 is 34.8 Å². The third-order valence-electron chi connectivity index (χ3n) is 2.55. The minimum absolute atomic E-state index is 0.0598. The summed E-state index contributed by atoms with van der Waals surface area (Å²) in [5, 5.41) is 11.0. The second kappa shape index (κ2) is 7.58. The minimum atomic E-state index is -4.41. The molecule has 1 aromatic carbocycles. The molecule has 1 atom stereocenters. The van der Waals surface area contributed by atoms with Crippen LogP contribution in [0.25, 0.3) is 0 Å². The Bertz CT molecular complexity index is 506. The normalized spacial score (nSPS) is 15.2. The maximum absolute atomic E-state index is 11.9.